The van der Waals surface area contributed by atoms with Crippen molar-refractivity contribution in [2.24, 2.45) is 0 Å². The fourth-order valence-corrected chi connectivity index (χ4v) is 6.06. The number of unbranched alkanes of at least 4 members (excludes halogenated alkanes) is 7. The molecule has 1 amide bonds. The number of rotatable bonds is 20. The Morgan fingerprint density at radius 2 is 1.46 bits per heavy atom. The normalized spacial score (nSPS) is 24.5. The molecule has 0 aliphatic carbocycles. The molecule has 5 unspecified atom stereocenters. The van der Waals surface area contributed by atoms with Gasteiger partial charge in [-0.15, -0.1) is 0 Å². The zero-order valence-corrected chi connectivity index (χ0v) is 26.3. The van der Waals surface area contributed by atoms with E-state index in [2.05, 4.69) is 33.2 Å². The molecule has 2 aliphatic rings. The predicted octanol–water partition coefficient (Wildman–Crippen LogP) is 4.07. The number of piperidine rings is 1. The molecule has 0 bridgehead atoms. The maximum absolute atomic E-state index is 12.6. The zero-order chi connectivity index (χ0) is 29.5. The smallest absolute Gasteiger partial charge is 0.224 e. The van der Waals surface area contributed by atoms with Crippen LogP contribution in [0.2, 0.25) is 0 Å². The minimum absolute atomic E-state index is 0.148. The zero-order valence-electron chi connectivity index (χ0n) is 24.2. The number of hydrogen-bond donors (Lipinski definition) is 6. The fourth-order valence-electron chi connectivity index (χ4n) is 5.52. The largest absolute Gasteiger partial charge is 0.381 e. The van der Waals surface area contributed by atoms with E-state index < -0.39 is 31.0 Å². The van der Waals surface area contributed by atoms with E-state index >= 15 is 0 Å². The SMILES string of the molecule is O=C(CCCCCOCCCCCOCCCCCCI)Nc1cccc2c1C(O)N(C1CCC(O)NC1O)C2O. The van der Waals surface area contributed by atoms with Gasteiger partial charge >= 0.3 is 0 Å². The van der Waals surface area contributed by atoms with Gasteiger partial charge in [-0.1, -0.05) is 54.0 Å². The average molecular weight is 692 g/mol. The Labute approximate surface area is 258 Å². The molecule has 1 saturated heterocycles. The Balaban J connectivity index is 1.25. The van der Waals surface area contributed by atoms with Gasteiger partial charge in [-0.25, -0.2) is 4.90 Å². The average Bonchev–Trinajstić information content (AvgIpc) is 3.20. The van der Waals surface area contributed by atoms with E-state index in [9.17, 15) is 25.2 Å². The number of benzene rings is 1. The van der Waals surface area contributed by atoms with E-state index in [1.807, 2.05) is 0 Å². The van der Waals surface area contributed by atoms with Crippen molar-refractivity contribution in [2.45, 2.75) is 114 Å². The van der Waals surface area contributed by atoms with Crippen LogP contribution in [0.4, 0.5) is 5.69 Å². The minimum atomic E-state index is -1.20. The van der Waals surface area contributed by atoms with E-state index in [1.165, 1.54) is 35.0 Å². The number of alkyl halides is 1. The third kappa shape index (κ3) is 11.3. The molecule has 234 valence electrons. The van der Waals surface area contributed by atoms with Crippen LogP contribution >= 0.6 is 22.6 Å². The molecule has 41 heavy (non-hydrogen) atoms. The van der Waals surface area contributed by atoms with Crippen molar-refractivity contribution < 1.29 is 34.7 Å². The second-order valence-electron chi connectivity index (χ2n) is 11.0. The molecule has 2 heterocycles. The maximum Gasteiger partial charge on any atom is 0.224 e. The Bertz CT molecular complexity index is 896. The second kappa shape index (κ2) is 19.4. The first-order valence-corrected chi connectivity index (χ1v) is 16.9. The Kier molecular flexibility index (Phi) is 16.4. The first kappa shape index (κ1) is 34.6. The lowest BCUT2D eigenvalue weighted by atomic mass is 10.0. The number of aliphatic hydroxyl groups is 4. The number of carbonyl (C=O) groups is 1. The molecule has 1 aromatic rings. The van der Waals surface area contributed by atoms with Gasteiger partial charge in [-0.3, -0.25) is 10.1 Å². The maximum atomic E-state index is 12.6. The van der Waals surface area contributed by atoms with E-state index in [0.717, 1.165) is 58.3 Å². The monoisotopic (exact) mass is 691 g/mol. The Morgan fingerprint density at radius 3 is 2.10 bits per heavy atom. The summed E-state index contributed by atoms with van der Waals surface area (Å²) in [6.45, 7) is 3.17. The number of carbonyl (C=O) groups excluding carboxylic acids is 1. The number of anilines is 1. The quantitative estimate of drug-likeness (QED) is 0.0678. The van der Waals surface area contributed by atoms with Crippen molar-refractivity contribution in [1.29, 1.82) is 0 Å². The van der Waals surface area contributed by atoms with Crippen LogP contribution in [0.15, 0.2) is 18.2 Å². The lowest BCUT2D eigenvalue weighted by Gasteiger charge is -2.40. The van der Waals surface area contributed by atoms with Gasteiger partial charge in [0.05, 0.1) is 6.04 Å². The summed E-state index contributed by atoms with van der Waals surface area (Å²) in [6.07, 6.45) is 7.69. The minimum Gasteiger partial charge on any atom is -0.381 e. The number of aliphatic hydroxyl groups excluding tert-OH is 4. The highest BCUT2D eigenvalue weighted by Crippen LogP contribution is 2.45. The van der Waals surface area contributed by atoms with E-state index in [-0.39, 0.29) is 5.91 Å². The molecule has 1 aromatic carbocycles. The number of nitrogens with zero attached hydrogens (tertiary/aromatic N) is 1. The van der Waals surface area contributed by atoms with Gasteiger partial charge in [0, 0.05) is 49.7 Å². The van der Waals surface area contributed by atoms with Crippen LogP contribution in [0, 0.1) is 0 Å². The van der Waals surface area contributed by atoms with Crippen molar-refractivity contribution in [1.82, 2.24) is 10.2 Å². The first-order chi connectivity index (χ1) is 19.9. The lowest BCUT2D eigenvalue weighted by Crippen LogP contribution is -2.57. The van der Waals surface area contributed by atoms with Crippen LogP contribution in [0.25, 0.3) is 0 Å². The molecule has 1 fully saturated rings. The van der Waals surface area contributed by atoms with Crippen LogP contribution in [0.5, 0.6) is 0 Å². The van der Waals surface area contributed by atoms with Gasteiger partial charge in [-0.05, 0) is 68.3 Å². The summed E-state index contributed by atoms with van der Waals surface area (Å²) in [6, 6.07) is 4.56. The summed E-state index contributed by atoms with van der Waals surface area (Å²) in [5, 5.41) is 47.6. The van der Waals surface area contributed by atoms with Crippen molar-refractivity contribution in [2.75, 3.05) is 36.2 Å². The van der Waals surface area contributed by atoms with Gasteiger partial charge < -0.3 is 35.2 Å². The number of fused-ring (bicyclic) bond motifs is 1. The fraction of sp³-hybridized carbons (Fsp3) is 0.767. The van der Waals surface area contributed by atoms with Crippen molar-refractivity contribution in [3.05, 3.63) is 29.3 Å². The molecular formula is C30H50IN3O7. The van der Waals surface area contributed by atoms with Crippen LogP contribution in [-0.4, -0.2) is 80.6 Å². The van der Waals surface area contributed by atoms with Crippen LogP contribution in [-0.2, 0) is 14.3 Å². The number of nitrogens with one attached hydrogen (secondary N) is 2. The van der Waals surface area contributed by atoms with Crippen molar-refractivity contribution in [3.63, 3.8) is 0 Å². The molecule has 6 N–H and O–H groups in total. The first-order valence-electron chi connectivity index (χ1n) is 15.3. The third-order valence-electron chi connectivity index (χ3n) is 7.80. The molecule has 0 spiro atoms. The molecule has 11 heteroatoms. The van der Waals surface area contributed by atoms with E-state index in [1.54, 1.807) is 18.2 Å². The summed E-state index contributed by atoms with van der Waals surface area (Å²) in [7, 11) is 0. The van der Waals surface area contributed by atoms with Crippen LogP contribution in [0.1, 0.15) is 107 Å². The summed E-state index contributed by atoms with van der Waals surface area (Å²) >= 11 is 2.42. The van der Waals surface area contributed by atoms with Gasteiger partial charge in [0.1, 0.15) is 24.9 Å². The molecular weight excluding hydrogens is 641 g/mol. The lowest BCUT2D eigenvalue weighted by molar-refractivity contribution is -0.158. The van der Waals surface area contributed by atoms with Crippen LogP contribution in [0.3, 0.4) is 0 Å². The standard InChI is InChI=1S/C30H50IN3O7/c31-17-6-1-2-7-18-40-20-9-4-10-21-41-19-8-3-5-14-25(35)32-23-13-11-12-22-27(23)30(39)34(29(22)38)24-15-16-26(36)33-28(24)37/h11-13,24,26,28-30,33,36-39H,1-10,14-21H2,(H,32,35). The third-order valence-corrected chi connectivity index (χ3v) is 8.57. The highest BCUT2D eigenvalue weighted by Gasteiger charge is 2.45. The number of ether oxygens (including phenoxy) is 2. The second-order valence-corrected chi connectivity index (χ2v) is 12.1. The molecule has 0 saturated carbocycles. The summed E-state index contributed by atoms with van der Waals surface area (Å²) < 4.78 is 12.7. The molecule has 3 rings (SSSR count). The van der Waals surface area contributed by atoms with Crippen molar-refractivity contribution in [3.8, 4) is 0 Å². The predicted molar refractivity (Wildman–Crippen MR) is 166 cm³/mol. The summed E-state index contributed by atoms with van der Waals surface area (Å²) in [5.41, 5.74) is 1.39. The summed E-state index contributed by atoms with van der Waals surface area (Å²) in [5.74, 6) is -0.148. The van der Waals surface area contributed by atoms with E-state index in [4.69, 9.17) is 9.47 Å². The number of hydrogen-bond acceptors (Lipinski definition) is 9. The molecule has 5 atom stereocenters. The topological polar surface area (TPSA) is 144 Å². The Morgan fingerprint density at radius 1 is 0.854 bits per heavy atom. The van der Waals surface area contributed by atoms with E-state index in [0.29, 0.717) is 42.7 Å². The Hall–Kier alpha value is -0.900. The van der Waals surface area contributed by atoms with Gasteiger partial charge in [0.2, 0.25) is 5.91 Å². The molecule has 2 aliphatic heterocycles. The van der Waals surface area contributed by atoms with Crippen molar-refractivity contribution >= 4 is 34.2 Å². The molecule has 0 radical (unpaired) electrons. The molecule has 10 nitrogen and oxygen atoms in total. The summed E-state index contributed by atoms with van der Waals surface area (Å²) in [4.78, 5) is 14.1. The molecule has 0 aromatic heterocycles. The highest BCUT2D eigenvalue weighted by atomic mass is 127. The van der Waals surface area contributed by atoms with Crippen LogP contribution < -0.4 is 10.6 Å². The number of halogens is 1. The van der Waals surface area contributed by atoms with Gasteiger partial charge in [0.15, 0.2) is 0 Å². The highest BCUT2D eigenvalue weighted by molar-refractivity contribution is 14.1. The van der Waals surface area contributed by atoms with Gasteiger partial charge in [-0.2, -0.15) is 0 Å². The number of amides is 1. The van der Waals surface area contributed by atoms with Gasteiger partial charge in [0.25, 0.3) is 0 Å².